The number of nitrogens with zero attached hydrogens (tertiary/aromatic N) is 7. The van der Waals surface area contributed by atoms with E-state index in [0.717, 1.165) is 18.9 Å². The van der Waals surface area contributed by atoms with E-state index in [4.69, 9.17) is 0 Å². The van der Waals surface area contributed by atoms with Crippen LogP contribution in [0.15, 0.2) is 30.7 Å². The van der Waals surface area contributed by atoms with Crippen LogP contribution in [-0.4, -0.2) is 73.4 Å². The largest absolute Gasteiger partial charge is 0.396 e. The van der Waals surface area contributed by atoms with E-state index >= 15 is 0 Å². The lowest BCUT2D eigenvalue weighted by molar-refractivity contribution is 0.142. The fourth-order valence-corrected chi connectivity index (χ4v) is 3.95. The van der Waals surface area contributed by atoms with Gasteiger partial charge in [0.25, 0.3) is 6.43 Å². The predicted molar refractivity (Wildman–Crippen MR) is 104 cm³/mol. The summed E-state index contributed by atoms with van der Waals surface area (Å²) in [6.45, 7) is 3.88. The zero-order chi connectivity index (χ0) is 20.5. The summed E-state index contributed by atoms with van der Waals surface area (Å²) in [4.78, 5) is 17.4. The maximum Gasteiger partial charge on any atom is 0.282 e. The average Bonchev–Trinajstić information content (AvgIpc) is 3.14. The van der Waals surface area contributed by atoms with Crippen LogP contribution in [0.5, 0.6) is 0 Å². The molecule has 3 aromatic rings. The summed E-state index contributed by atoms with van der Waals surface area (Å²) in [6, 6.07) is 4.97. The van der Waals surface area contributed by atoms with Gasteiger partial charge in [-0.05, 0) is 32.5 Å². The highest BCUT2D eigenvalue weighted by molar-refractivity contribution is 5.62. The minimum atomic E-state index is -2.66. The number of halogens is 2. The molecule has 10 heteroatoms. The van der Waals surface area contributed by atoms with E-state index in [1.807, 2.05) is 6.07 Å². The Kier molecular flexibility index (Phi) is 5.37. The second kappa shape index (κ2) is 7.96. The van der Waals surface area contributed by atoms with Crippen LogP contribution in [-0.2, 0) is 0 Å². The molecule has 1 aliphatic heterocycles. The van der Waals surface area contributed by atoms with Crippen molar-refractivity contribution in [1.29, 1.82) is 0 Å². The molecule has 29 heavy (non-hydrogen) atoms. The maximum atomic E-state index is 13.1. The molecule has 0 bridgehead atoms. The third-order valence-electron chi connectivity index (χ3n) is 5.55. The van der Waals surface area contributed by atoms with Crippen molar-refractivity contribution >= 4 is 11.5 Å². The molecular formula is C19H23F2N7O. The van der Waals surface area contributed by atoms with Gasteiger partial charge in [0, 0.05) is 37.8 Å². The highest BCUT2D eigenvalue weighted by Crippen LogP contribution is 2.27. The standard InChI is InChI=1S/C19H23F2N7O/c1-12-15(5-8-29)26(2)6-7-27(12)18-9-14(23-11-24-18)16-10-22-17-4-3-13(19(20)21)25-28(16)17/h3-4,9-12,15,19,29H,5-8H2,1-2H3. The third kappa shape index (κ3) is 3.65. The summed E-state index contributed by atoms with van der Waals surface area (Å²) in [7, 11) is 2.06. The highest BCUT2D eigenvalue weighted by Gasteiger charge is 2.32. The summed E-state index contributed by atoms with van der Waals surface area (Å²) in [5.41, 5.74) is 1.25. The van der Waals surface area contributed by atoms with Crippen LogP contribution in [0.4, 0.5) is 14.6 Å². The Balaban J connectivity index is 1.69. The van der Waals surface area contributed by atoms with E-state index in [9.17, 15) is 13.9 Å². The summed E-state index contributed by atoms with van der Waals surface area (Å²) >= 11 is 0. The van der Waals surface area contributed by atoms with Crippen molar-refractivity contribution < 1.29 is 13.9 Å². The van der Waals surface area contributed by atoms with Crippen LogP contribution in [0, 0.1) is 0 Å². The fraction of sp³-hybridized carbons (Fsp3) is 0.474. The van der Waals surface area contributed by atoms with E-state index in [-0.39, 0.29) is 24.4 Å². The summed E-state index contributed by atoms with van der Waals surface area (Å²) in [5.74, 6) is 0.749. The van der Waals surface area contributed by atoms with Crippen molar-refractivity contribution in [3.8, 4) is 11.4 Å². The van der Waals surface area contributed by atoms with E-state index < -0.39 is 6.43 Å². The Morgan fingerprint density at radius 1 is 1.21 bits per heavy atom. The Hall–Kier alpha value is -2.72. The molecule has 154 valence electrons. The number of hydrogen-bond acceptors (Lipinski definition) is 7. The topological polar surface area (TPSA) is 82.7 Å². The number of imidazole rings is 1. The number of fused-ring (bicyclic) bond motifs is 1. The van der Waals surface area contributed by atoms with Crippen molar-refractivity contribution in [2.24, 2.45) is 0 Å². The van der Waals surface area contributed by atoms with Gasteiger partial charge in [-0.3, -0.25) is 4.90 Å². The molecule has 2 atom stereocenters. The highest BCUT2D eigenvalue weighted by atomic mass is 19.3. The number of alkyl halides is 2. The van der Waals surface area contributed by atoms with Gasteiger partial charge in [0.1, 0.15) is 23.5 Å². The number of aliphatic hydroxyl groups excluding tert-OH is 1. The zero-order valence-electron chi connectivity index (χ0n) is 16.3. The van der Waals surface area contributed by atoms with Gasteiger partial charge in [0.2, 0.25) is 0 Å². The minimum absolute atomic E-state index is 0.127. The number of rotatable bonds is 5. The van der Waals surface area contributed by atoms with Crippen molar-refractivity contribution in [2.45, 2.75) is 31.9 Å². The summed E-state index contributed by atoms with van der Waals surface area (Å²) in [6.07, 6.45) is 1.06. The first-order valence-corrected chi connectivity index (χ1v) is 9.52. The predicted octanol–water partition coefficient (Wildman–Crippen LogP) is 2.02. The van der Waals surface area contributed by atoms with Gasteiger partial charge in [-0.25, -0.2) is 28.2 Å². The molecule has 0 spiro atoms. The zero-order valence-corrected chi connectivity index (χ0v) is 16.3. The number of aromatic nitrogens is 5. The van der Waals surface area contributed by atoms with Gasteiger partial charge in [-0.1, -0.05) is 0 Å². The monoisotopic (exact) mass is 403 g/mol. The molecular weight excluding hydrogens is 380 g/mol. The van der Waals surface area contributed by atoms with Crippen LogP contribution in [0.1, 0.15) is 25.5 Å². The molecule has 4 rings (SSSR count). The second-order valence-electron chi connectivity index (χ2n) is 7.23. The molecule has 1 aliphatic rings. The average molecular weight is 403 g/mol. The molecule has 1 fully saturated rings. The Bertz CT molecular complexity index is 996. The second-order valence-corrected chi connectivity index (χ2v) is 7.23. The smallest absolute Gasteiger partial charge is 0.282 e. The lowest BCUT2D eigenvalue weighted by atomic mass is 10.0. The van der Waals surface area contributed by atoms with Crippen LogP contribution >= 0.6 is 0 Å². The summed E-state index contributed by atoms with van der Waals surface area (Å²) in [5, 5.41) is 13.4. The van der Waals surface area contributed by atoms with Gasteiger partial charge >= 0.3 is 0 Å². The van der Waals surface area contributed by atoms with Crippen LogP contribution in [0.25, 0.3) is 17.0 Å². The molecule has 1 N–H and O–H groups in total. The molecule has 3 aromatic heterocycles. The fourth-order valence-electron chi connectivity index (χ4n) is 3.95. The van der Waals surface area contributed by atoms with E-state index in [2.05, 4.69) is 43.8 Å². The Labute approximate surface area is 166 Å². The number of anilines is 1. The van der Waals surface area contributed by atoms with Gasteiger partial charge in [0.05, 0.1) is 11.9 Å². The Morgan fingerprint density at radius 3 is 2.79 bits per heavy atom. The van der Waals surface area contributed by atoms with Crippen molar-refractivity contribution in [2.75, 3.05) is 31.6 Å². The molecule has 2 unspecified atom stereocenters. The number of likely N-dealkylation sites (N-methyl/N-ethyl adjacent to an activating group) is 1. The van der Waals surface area contributed by atoms with Crippen LogP contribution in [0.3, 0.4) is 0 Å². The first-order chi connectivity index (χ1) is 14.0. The molecule has 0 aromatic carbocycles. The maximum absolute atomic E-state index is 13.1. The molecule has 0 radical (unpaired) electrons. The number of piperazine rings is 1. The molecule has 0 aliphatic carbocycles. The van der Waals surface area contributed by atoms with Gasteiger partial charge in [-0.2, -0.15) is 5.10 Å². The van der Waals surface area contributed by atoms with Gasteiger partial charge in [-0.15, -0.1) is 0 Å². The van der Waals surface area contributed by atoms with Crippen LogP contribution < -0.4 is 4.90 Å². The first kappa shape index (κ1) is 19.6. The molecule has 0 saturated carbocycles. The molecule has 8 nitrogen and oxygen atoms in total. The quantitative estimate of drug-likeness (QED) is 0.698. The lowest BCUT2D eigenvalue weighted by Gasteiger charge is -2.45. The summed E-state index contributed by atoms with van der Waals surface area (Å²) < 4.78 is 27.5. The normalized spacial score (nSPS) is 20.7. The molecule has 4 heterocycles. The minimum Gasteiger partial charge on any atom is -0.396 e. The first-order valence-electron chi connectivity index (χ1n) is 9.52. The van der Waals surface area contributed by atoms with Gasteiger partial charge in [0.15, 0.2) is 5.65 Å². The van der Waals surface area contributed by atoms with E-state index in [0.29, 0.717) is 23.5 Å². The number of hydrogen-bond donors (Lipinski definition) is 1. The van der Waals surface area contributed by atoms with Crippen LogP contribution in [0.2, 0.25) is 0 Å². The molecule has 1 saturated heterocycles. The lowest BCUT2D eigenvalue weighted by Crippen LogP contribution is -2.57. The van der Waals surface area contributed by atoms with E-state index in [1.54, 1.807) is 6.20 Å². The SMILES string of the molecule is CC1C(CCO)N(C)CCN1c1cc(-c2cnc3ccc(C(F)F)nn23)ncn1. The van der Waals surface area contributed by atoms with Crippen molar-refractivity contribution in [3.63, 3.8) is 0 Å². The number of aliphatic hydroxyl groups is 1. The van der Waals surface area contributed by atoms with Crippen molar-refractivity contribution in [1.82, 2.24) is 29.5 Å². The molecule has 0 amide bonds. The Morgan fingerprint density at radius 2 is 2.03 bits per heavy atom. The van der Waals surface area contributed by atoms with E-state index in [1.165, 1.54) is 23.0 Å². The van der Waals surface area contributed by atoms with Gasteiger partial charge < -0.3 is 10.0 Å². The van der Waals surface area contributed by atoms with Crippen molar-refractivity contribution in [3.05, 3.63) is 36.4 Å². The third-order valence-corrected chi connectivity index (χ3v) is 5.55.